The molecule has 0 spiro atoms. The first-order chi connectivity index (χ1) is 14.7. The molecule has 0 bridgehead atoms. The predicted octanol–water partition coefficient (Wildman–Crippen LogP) is -1.28. The Hall–Kier alpha value is -2.56. The van der Waals surface area contributed by atoms with Gasteiger partial charge in [0, 0.05) is 12.7 Å². The van der Waals surface area contributed by atoms with Crippen LogP contribution in [0.4, 0.5) is 5.82 Å². The lowest BCUT2D eigenvalue weighted by Gasteiger charge is -2.47. The SMILES string of the molecule is C[N+](C)(CCN(Cc1ccccc1)c1ccccn1)[C@@H]1O[C@H](C(=O)[O-])[C@@H](O)[C@H](O)[C@H]1O. The summed E-state index contributed by atoms with van der Waals surface area (Å²) in [4.78, 5) is 17.8. The van der Waals surface area contributed by atoms with Gasteiger partial charge in [-0.1, -0.05) is 36.4 Å². The van der Waals surface area contributed by atoms with Crippen molar-refractivity contribution >= 4 is 11.8 Å². The molecule has 0 unspecified atom stereocenters. The molecular formula is C22H29N3O6. The van der Waals surface area contributed by atoms with E-state index in [0.29, 0.717) is 19.6 Å². The van der Waals surface area contributed by atoms with Crippen LogP contribution in [0.5, 0.6) is 0 Å². The Labute approximate surface area is 181 Å². The fourth-order valence-electron chi connectivity index (χ4n) is 3.76. The maximum atomic E-state index is 11.3. The summed E-state index contributed by atoms with van der Waals surface area (Å²) in [6, 6.07) is 15.6. The molecule has 9 nitrogen and oxygen atoms in total. The predicted molar refractivity (Wildman–Crippen MR) is 110 cm³/mol. The van der Waals surface area contributed by atoms with Crippen molar-refractivity contribution in [3.8, 4) is 0 Å². The number of aromatic nitrogens is 1. The summed E-state index contributed by atoms with van der Waals surface area (Å²) in [5, 5.41) is 41.9. The first-order valence-electron chi connectivity index (χ1n) is 10.1. The number of hydrogen-bond donors (Lipinski definition) is 3. The summed E-state index contributed by atoms with van der Waals surface area (Å²) >= 11 is 0. The number of anilines is 1. The summed E-state index contributed by atoms with van der Waals surface area (Å²) in [5.41, 5.74) is 1.10. The van der Waals surface area contributed by atoms with Crippen LogP contribution in [0.15, 0.2) is 54.7 Å². The van der Waals surface area contributed by atoms with Gasteiger partial charge in [0.25, 0.3) is 0 Å². The van der Waals surface area contributed by atoms with Crippen molar-refractivity contribution in [2.24, 2.45) is 0 Å². The molecule has 1 saturated heterocycles. The number of carboxylic acid groups (broad SMARTS) is 1. The van der Waals surface area contributed by atoms with Crippen molar-refractivity contribution in [3.05, 3.63) is 60.3 Å². The number of pyridine rings is 1. The topological polar surface area (TPSA) is 126 Å². The molecule has 2 heterocycles. The minimum absolute atomic E-state index is 0.0485. The summed E-state index contributed by atoms with van der Waals surface area (Å²) in [5.74, 6) is -0.859. The van der Waals surface area contributed by atoms with Crippen molar-refractivity contribution < 1.29 is 34.4 Å². The monoisotopic (exact) mass is 431 g/mol. The Morgan fingerprint density at radius 2 is 1.74 bits per heavy atom. The van der Waals surface area contributed by atoms with Crippen LogP contribution in [0.3, 0.4) is 0 Å². The highest BCUT2D eigenvalue weighted by atomic mass is 16.6. The van der Waals surface area contributed by atoms with Gasteiger partial charge in [-0.3, -0.25) is 4.48 Å². The molecule has 0 aliphatic carbocycles. The summed E-state index contributed by atoms with van der Waals surface area (Å²) in [6.45, 7) is 1.56. The molecule has 1 aromatic heterocycles. The van der Waals surface area contributed by atoms with Gasteiger partial charge in [0.1, 0.15) is 24.1 Å². The average molecular weight is 431 g/mol. The van der Waals surface area contributed by atoms with Gasteiger partial charge in [-0.25, -0.2) is 4.98 Å². The molecule has 9 heteroatoms. The highest BCUT2D eigenvalue weighted by Gasteiger charge is 2.50. The number of likely N-dealkylation sites (N-methyl/N-ethyl adjacent to an activating group) is 1. The smallest absolute Gasteiger partial charge is 0.222 e. The number of aliphatic hydroxyl groups excluding tert-OH is 3. The number of carbonyl (C=O) groups excluding carboxylic acids is 1. The summed E-state index contributed by atoms with van der Waals surface area (Å²) < 4.78 is 5.53. The van der Waals surface area contributed by atoms with E-state index in [1.54, 1.807) is 20.3 Å². The average Bonchev–Trinajstić information content (AvgIpc) is 2.76. The molecule has 0 radical (unpaired) electrons. The molecule has 1 aliphatic heterocycles. The van der Waals surface area contributed by atoms with Crippen LogP contribution in [0, 0.1) is 0 Å². The van der Waals surface area contributed by atoms with Gasteiger partial charge in [-0.15, -0.1) is 0 Å². The lowest BCUT2D eigenvalue weighted by molar-refractivity contribution is -0.943. The van der Waals surface area contributed by atoms with E-state index in [0.717, 1.165) is 11.4 Å². The second kappa shape index (κ2) is 9.71. The number of aliphatic hydroxyl groups is 3. The third-order valence-electron chi connectivity index (χ3n) is 5.65. The third kappa shape index (κ3) is 5.38. The van der Waals surface area contributed by atoms with Crippen LogP contribution < -0.4 is 10.0 Å². The number of hydrogen-bond acceptors (Lipinski definition) is 8. The van der Waals surface area contributed by atoms with Gasteiger partial charge in [0.05, 0.1) is 33.2 Å². The maximum Gasteiger partial charge on any atom is 0.222 e. The zero-order chi connectivity index (χ0) is 22.6. The molecule has 1 fully saturated rings. The van der Waals surface area contributed by atoms with Crippen LogP contribution in [0.25, 0.3) is 0 Å². The molecule has 0 amide bonds. The van der Waals surface area contributed by atoms with E-state index < -0.39 is 36.6 Å². The Kier molecular flexibility index (Phi) is 7.24. The van der Waals surface area contributed by atoms with Gasteiger partial charge in [-0.2, -0.15) is 0 Å². The van der Waals surface area contributed by atoms with Gasteiger partial charge in [0.2, 0.25) is 6.23 Å². The zero-order valence-corrected chi connectivity index (χ0v) is 17.6. The van der Waals surface area contributed by atoms with Crippen molar-refractivity contribution in [2.75, 3.05) is 32.1 Å². The molecule has 168 valence electrons. The van der Waals surface area contributed by atoms with E-state index in [1.807, 2.05) is 48.5 Å². The summed E-state index contributed by atoms with van der Waals surface area (Å²) in [6.07, 6.45) is -5.96. The number of carboxylic acids is 1. The maximum absolute atomic E-state index is 11.3. The first-order valence-corrected chi connectivity index (χ1v) is 10.1. The highest BCUT2D eigenvalue weighted by molar-refractivity contribution is 5.71. The van der Waals surface area contributed by atoms with Crippen LogP contribution in [-0.4, -0.2) is 88.6 Å². The van der Waals surface area contributed by atoms with Crippen LogP contribution in [-0.2, 0) is 16.1 Å². The lowest BCUT2D eigenvalue weighted by Crippen LogP contribution is -2.70. The third-order valence-corrected chi connectivity index (χ3v) is 5.65. The standard InChI is InChI=1S/C22H29N3O6/c1-25(2,21-19(28)17(26)18(27)20(31-21)22(29)30)13-12-24(16-10-6-7-11-23-16)14-15-8-4-3-5-9-15/h3-11,17-21,26-28H,12-14H2,1-2H3/t17-,18-,19+,20-,21+/m0/s1. The van der Waals surface area contributed by atoms with E-state index in [4.69, 9.17) is 4.74 Å². The largest absolute Gasteiger partial charge is 0.547 e. The van der Waals surface area contributed by atoms with E-state index >= 15 is 0 Å². The van der Waals surface area contributed by atoms with Crippen molar-refractivity contribution in [2.45, 2.75) is 37.2 Å². The summed E-state index contributed by atoms with van der Waals surface area (Å²) in [7, 11) is 3.54. The number of carbonyl (C=O) groups is 1. The Morgan fingerprint density at radius 3 is 2.35 bits per heavy atom. The van der Waals surface area contributed by atoms with Crippen LogP contribution >= 0.6 is 0 Å². The van der Waals surface area contributed by atoms with E-state index in [2.05, 4.69) is 9.88 Å². The Morgan fingerprint density at radius 1 is 1.06 bits per heavy atom. The molecule has 0 saturated carbocycles. The number of aliphatic carboxylic acids is 1. The van der Waals surface area contributed by atoms with E-state index in [9.17, 15) is 25.2 Å². The van der Waals surface area contributed by atoms with Crippen LogP contribution in [0.1, 0.15) is 5.56 Å². The minimum atomic E-state index is -1.76. The van der Waals surface area contributed by atoms with E-state index in [-0.39, 0.29) is 4.48 Å². The molecular weight excluding hydrogens is 402 g/mol. The van der Waals surface area contributed by atoms with Crippen LogP contribution in [0.2, 0.25) is 0 Å². The number of ether oxygens (including phenoxy) is 1. The Bertz CT molecular complexity index is 851. The van der Waals surface area contributed by atoms with Gasteiger partial charge < -0.3 is 34.9 Å². The molecule has 5 atom stereocenters. The Balaban J connectivity index is 1.77. The molecule has 3 N–H and O–H groups in total. The van der Waals surface area contributed by atoms with Crippen molar-refractivity contribution in [3.63, 3.8) is 0 Å². The number of benzene rings is 1. The molecule has 1 aliphatic rings. The van der Waals surface area contributed by atoms with Crippen molar-refractivity contribution in [1.29, 1.82) is 0 Å². The highest BCUT2D eigenvalue weighted by Crippen LogP contribution is 2.26. The second-order valence-electron chi connectivity index (χ2n) is 8.34. The normalized spacial score (nSPS) is 26.4. The van der Waals surface area contributed by atoms with Gasteiger partial charge >= 0.3 is 0 Å². The fraction of sp³-hybridized carbons (Fsp3) is 0.455. The van der Waals surface area contributed by atoms with Gasteiger partial charge in [-0.05, 0) is 17.7 Å². The number of rotatable bonds is 8. The zero-order valence-electron chi connectivity index (χ0n) is 17.6. The van der Waals surface area contributed by atoms with Crippen molar-refractivity contribution in [1.82, 2.24) is 4.98 Å². The second-order valence-corrected chi connectivity index (χ2v) is 8.34. The first kappa shape index (κ1) is 23.1. The molecule has 1 aromatic carbocycles. The fourth-order valence-corrected chi connectivity index (χ4v) is 3.76. The minimum Gasteiger partial charge on any atom is -0.547 e. The lowest BCUT2D eigenvalue weighted by atomic mass is 9.97. The molecule has 31 heavy (non-hydrogen) atoms. The van der Waals surface area contributed by atoms with Gasteiger partial charge in [0.15, 0.2) is 6.10 Å². The quantitative estimate of drug-likeness (QED) is 0.442. The van der Waals surface area contributed by atoms with E-state index in [1.165, 1.54) is 0 Å². The molecule has 2 aromatic rings. The number of quaternary nitrogens is 1. The molecule has 3 rings (SSSR count). The number of nitrogens with zero attached hydrogens (tertiary/aromatic N) is 3.